The van der Waals surface area contributed by atoms with E-state index in [1.165, 1.54) is 6.42 Å². The summed E-state index contributed by atoms with van der Waals surface area (Å²) in [5.74, 6) is 0. The van der Waals surface area contributed by atoms with E-state index in [1.807, 2.05) is 19.9 Å². The fraction of sp³-hybridized carbons (Fsp3) is 0.615. The Morgan fingerprint density at radius 3 is 2.81 bits per heavy atom. The molecule has 1 fully saturated rings. The number of hydrogen-bond donors (Lipinski definition) is 1. The van der Waals surface area contributed by atoms with Gasteiger partial charge in [-0.25, -0.2) is 0 Å². The zero-order valence-electron chi connectivity index (χ0n) is 10.3. The van der Waals surface area contributed by atoms with Gasteiger partial charge in [0.05, 0.1) is 23.6 Å². The van der Waals surface area contributed by atoms with Gasteiger partial charge in [-0.15, -0.1) is 0 Å². The van der Waals surface area contributed by atoms with Crippen LogP contribution in [0.5, 0.6) is 0 Å². The van der Waals surface area contributed by atoms with Crippen molar-refractivity contribution in [3.63, 3.8) is 0 Å². The predicted molar refractivity (Wildman–Crippen MR) is 65.8 cm³/mol. The van der Waals surface area contributed by atoms with E-state index in [2.05, 4.69) is 23.3 Å². The molecule has 0 radical (unpaired) electrons. The average Bonchev–Trinajstić information content (AvgIpc) is 2.63. The maximum atomic E-state index is 5.76. The number of anilines is 1. The van der Waals surface area contributed by atoms with Gasteiger partial charge in [0.2, 0.25) is 0 Å². The molecule has 0 aliphatic carbocycles. The fourth-order valence-corrected chi connectivity index (χ4v) is 2.13. The Morgan fingerprint density at radius 1 is 1.38 bits per heavy atom. The standard InChI is InChI=1S/C13H20N2O/c1-9-4-7-13(11(3)15-9)14-8-12-6-5-10(2)16-12/h4,7,10,12,14H,5-6,8H2,1-3H3. The minimum Gasteiger partial charge on any atom is -0.381 e. The summed E-state index contributed by atoms with van der Waals surface area (Å²) in [6.07, 6.45) is 3.11. The lowest BCUT2D eigenvalue weighted by atomic mass is 10.2. The van der Waals surface area contributed by atoms with Crippen LogP contribution < -0.4 is 5.32 Å². The van der Waals surface area contributed by atoms with Gasteiger partial charge >= 0.3 is 0 Å². The molecule has 0 saturated carbocycles. The summed E-state index contributed by atoms with van der Waals surface area (Å²) in [5.41, 5.74) is 3.24. The molecular weight excluding hydrogens is 200 g/mol. The summed E-state index contributed by atoms with van der Waals surface area (Å²) in [7, 11) is 0. The summed E-state index contributed by atoms with van der Waals surface area (Å²) < 4.78 is 5.76. The number of hydrogen-bond acceptors (Lipinski definition) is 3. The molecule has 0 bridgehead atoms. The van der Waals surface area contributed by atoms with Crippen LogP contribution in [0.2, 0.25) is 0 Å². The minimum atomic E-state index is 0.357. The first-order chi connectivity index (χ1) is 7.65. The Hall–Kier alpha value is -1.09. The lowest BCUT2D eigenvalue weighted by Crippen LogP contribution is -2.20. The van der Waals surface area contributed by atoms with Crippen LogP contribution in [0.3, 0.4) is 0 Å². The van der Waals surface area contributed by atoms with Gasteiger partial charge in [0.1, 0.15) is 0 Å². The van der Waals surface area contributed by atoms with Crippen molar-refractivity contribution < 1.29 is 4.74 Å². The molecular formula is C13H20N2O. The Kier molecular flexibility index (Phi) is 3.44. The van der Waals surface area contributed by atoms with Gasteiger partial charge in [-0.2, -0.15) is 0 Å². The van der Waals surface area contributed by atoms with Gasteiger partial charge in [0.15, 0.2) is 0 Å². The second-order valence-electron chi connectivity index (χ2n) is 4.61. The molecule has 1 aromatic heterocycles. The molecule has 1 saturated heterocycles. The zero-order chi connectivity index (χ0) is 11.5. The van der Waals surface area contributed by atoms with Crippen molar-refractivity contribution in [2.45, 2.75) is 45.8 Å². The zero-order valence-corrected chi connectivity index (χ0v) is 10.3. The third kappa shape index (κ3) is 2.73. The van der Waals surface area contributed by atoms with Crippen molar-refractivity contribution in [2.24, 2.45) is 0 Å². The third-order valence-electron chi connectivity index (χ3n) is 3.07. The van der Waals surface area contributed by atoms with Gasteiger partial charge in [0, 0.05) is 12.2 Å². The Labute approximate surface area is 97.2 Å². The second-order valence-corrected chi connectivity index (χ2v) is 4.61. The van der Waals surface area contributed by atoms with E-state index < -0.39 is 0 Å². The van der Waals surface area contributed by atoms with Crippen LogP contribution in [0.1, 0.15) is 31.2 Å². The topological polar surface area (TPSA) is 34.1 Å². The van der Waals surface area contributed by atoms with Crippen LogP contribution in [0.25, 0.3) is 0 Å². The largest absolute Gasteiger partial charge is 0.381 e. The molecule has 3 nitrogen and oxygen atoms in total. The Bertz CT molecular complexity index is 365. The van der Waals surface area contributed by atoms with Crippen molar-refractivity contribution >= 4 is 5.69 Å². The summed E-state index contributed by atoms with van der Waals surface area (Å²) in [6, 6.07) is 4.13. The normalized spacial score (nSPS) is 24.7. The second kappa shape index (κ2) is 4.83. The van der Waals surface area contributed by atoms with Crippen molar-refractivity contribution in [3.05, 3.63) is 23.5 Å². The van der Waals surface area contributed by atoms with Gasteiger partial charge in [-0.3, -0.25) is 4.98 Å². The van der Waals surface area contributed by atoms with E-state index in [0.29, 0.717) is 12.2 Å². The fourth-order valence-electron chi connectivity index (χ4n) is 2.13. The van der Waals surface area contributed by atoms with Gasteiger partial charge in [-0.1, -0.05) is 0 Å². The number of aryl methyl sites for hydroxylation is 2. The lowest BCUT2D eigenvalue weighted by Gasteiger charge is -2.14. The molecule has 88 valence electrons. The number of nitrogens with one attached hydrogen (secondary N) is 1. The van der Waals surface area contributed by atoms with E-state index in [4.69, 9.17) is 4.74 Å². The molecule has 3 heteroatoms. The van der Waals surface area contributed by atoms with Crippen molar-refractivity contribution in [1.82, 2.24) is 4.98 Å². The molecule has 2 unspecified atom stereocenters. The lowest BCUT2D eigenvalue weighted by molar-refractivity contribution is 0.0637. The molecule has 0 spiro atoms. The molecule has 1 aromatic rings. The van der Waals surface area contributed by atoms with Crippen LogP contribution in [-0.4, -0.2) is 23.7 Å². The number of aromatic nitrogens is 1. The summed E-state index contributed by atoms with van der Waals surface area (Å²) in [4.78, 5) is 4.43. The highest BCUT2D eigenvalue weighted by molar-refractivity contribution is 5.47. The highest BCUT2D eigenvalue weighted by Gasteiger charge is 2.21. The van der Waals surface area contributed by atoms with E-state index in [0.717, 1.165) is 30.0 Å². The Balaban J connectivity index is 1.89. The predicted octanol–water partition coefficient (Wildman–Crippen LogP) is 2.68. The quantitative estimate of drug-likeness (QED) is 0.850. The monoisotopic (exact) mass is 220 g/mol. The maximum Gasteiger partial charge on any atom is 0.0751 e. The number of nitrogens with zero attached hydrogens (tertiary/aromatic N) is 1. The molecule has 2 rings (SSSR count). The van der Waals surface area contributed by atoms with Crippen LogP contribution in [-0.2, 0) is 4.74 Å². The SMILES string of the molecule is Cc1ccc(NCC2CCC(C)O2)c(C)n1. The van der Waals surface area contributed by atoms with Gasteiger partial charge in [-0.05, 0) is 45.7 Å². The van der Waals surface area contributed by atoms with Crippen LogP contribution in [0, 0.1) is 13.8 Å². The molecule has 2 heterocycles. The number of rotatable bonds is 3. The molecule has 0 aromatic carbocycles. The smallest absolute Gasteiger partial charge is 0.0751 e. The van der Waals surface area contributed by atoms with Gasteiger partial charge < -0.3 is 10.1 Å². The summed E-state index contributed by atoms with van der Waals surface area (Å²) >= 11 is 0. The van der Waals surface area contributed by atoms with E-state index >= 15 is 0 Å². The molecule has 16 heavy (non-hydrogen) atoms. The number of ether oxygens (including phenoxy) is 1. The maximum absolute atomic E-state index is 5.76. The molecule has 1 aliphatic rings. The first-order valence-electron chi connectivity index (χ1n) is 5.98. The molecule has 2 atom stereocenters. The van der Waals surface area contributed by atoms with E-state index in [-0.39, 0.29) is 0 Å². The van der Waals surface area contributed by atoms with Crippen LogP contribution >= 0.6 is 0 Å². The molecule has 0 amide bonds. The molecule has 1 aliphatic heterocycles. The van der Waals surface area contributed by atoms with Crippen LogP contribution in [0.15, 0.2) is 12.1 Å². The van der Waals surface area contributed by atoms with Crippen LogP contribution in [0.4, 0.5) is 5.69 Å². The van der Waals surface area contributed by atoms with Gasteiger partial charge in [0.25, 0.3) is 0 Å². The first kappa shape index (κ1) is 11.4. The van der Waals surface area contributed by atoms with E-state index in [1.54, 1.807) is 0 Å². The Morgan fingerprint density at radius 2 is 2.19 bits per heavy atom. The van der Waals surface area contributed by atoms with Crippen molar-refractivity contribution in [3.8, 4) is 0 Å². The minimum absolute atomic E-state index is 0.357. The van der Waals surface area contributed by atoms with E-state index in [9.17, 15) is 0 Å². The van der Waals surface area contributed by atoms with Crippen molar-refractivity contribution in [1.29, 1.82) is 0 Å². The highest BCUT2D eigenvalue weighted by Crippen LogP contribution is 2.20. The summed E-state index contributed by atoms with van der Waals surface area (Å²) in [6.45, 7) is 7.07. The first-order valence-corrected chi connectivity index (χ1v) is 5.98. The third-order valence-corrected chi connectivity index (χ3v) is 3.07. The highest BCUT2D eigenvalue weighted by atomic mass is 16.5. The average molecular weight is 220 g/mol. The van der Waals surface area contributed by atoms with Crippen molar-refractivity contribution in [2.75, 3.05) is 11.9 Å². The molecule has 1 N–H and O–H groups in total. The number of pyridine rings is 1. The summed E-state index contributed by atoms with van der Waals surface area (Å²) in [5, 5.41) is 3.42.